The number of benzene rings is 2. The minimum absolute atomic E-state index is 0.296. The van der Waals surface area contributed by atoms with Crippen LogP contribution in [0.15, 0.2) is 42.5 Å². The average molecular weight is 272 g/mol. The highest BCUT2D eigenvalue weighted by Crippen LogP contribution is 2.11. The molecule has 0 unspecified atom stereocenters. The van der Waals surface area contributed by atoms with Crippen LogP contribution in [0.4, 0.5) is 4.39 Å². The van der Waals surface area contributed by atoms with Crippen LogP contribution in [-0.2, 0) is 13.1 Å². The van der Waals surface area contributed by atoms with Gasteiger partial charge in [0.25, 0.3) is 5.91 Å². The number of rotatable bonds is 4. The number of hydrogen-bond donors (Lipinski definition) is 2. The lowest BCUT2D eigenvalue weighted by Gasteiger charge is -2.09. The van der Waals surface area contributed by atoms with Crippen LogP contribution in [-0.4, -0.2) is 5.91 Å². The highest BCUT2D eigenvalue weighted by molar-refractivity contribution is 5.94. The van der Waals surface area contributed by atoms with Crippen molar-refractivity contribution in [1.82, 2.24) is 5.32 Å². The van der Waals surface area contributed by atoms with Crippen molar-refractivity contribution in [3.63, 3.8) is 0 Å². The van der Waals surface area contributed by atoms with Crippen molar-refractivity contribution in [1.29, 1.82) is 0 Å². The van der Waals surface area contributed by atoms with Gasteiger partial charge in [0.15, 0.2) is 0 Å². The summed E-state index contributed by atoms with van der Waals surface area (Å²) in [5, 5.41) is 2.78. The van der Waals surface area contributed by atoms with E-state index in [1.807, 2.05) is 24.3 Å². The number of halogens is 1. The summed E-state index contributed by atoms with van der Waals surface area (Å²) in [6, 6.07) is 12.1. The van der Waals surface area contributed by atoms with E-state index in [1.54, 1.807) is 19.1 Å². The number of nitrogens with two attached hydrogens (primary N) is 1. The fourth-order valence-corrected chi connectivity index (χ4v) is 1.94. The van der Waals surface area contributed by atoms with Gasteiger partial charge in [0.2, 0.25) is 0 Å². The fourth-order valence-electron chi connectivity index (χ4n) is 1.94. The van der Waals surface area contributed by atoms with Gasteiger partial charge in [-0.25, -0.2) is 4.39 Å². The van der Waals surface area contributed by atoms with Gasteiger partial charge in [-0.3, -0.25) is 4.79 Å². The minimum atomic E-state index is -0.375. The van der Waals surface area contributed by atoms with Crippen LogP contribution < -0.4 is 11.1 Å². The second-order valence-corrected chi connectivity index (χ2v) is 4.62. The molecule has 0 heterocycles. The molecule has 2 aromatic rings. The summed E-state index contributed by atoms with van der Waals surface area (Å²) >= 11 is 0. The van der Waals surface area contributed by atoms with E-state index in [-0.39, 0.29) is 11.7 Å². The number of hydrogen-bond acceptors (Lipinski definition) is 2. The van der Waals surface area contributed by atoms with Crippen LogP contribution in [0, 0.1) is 12.7 Å². The third kappa shape index (κ3) is 3.22. The molecular weight excluding hydrogens is 255 g/mol. The van der Waals surface area contributed by atoms with Crippen molar-refractivity contribution in [2.24, 2.45) is 5.73 Å². The summed E-state index contributed by atoms with van der Waals surface area (Å²) in [5.41, 5.74) is 8.44. The molecule has 20 heavy (non-hydrogen) atoms. The van der Waals surface area contributed by atoms with Gasteiger partial charge in [0, 0.05) is 18.7 Å². The molecule has 0 saturated heterocycles. The molecule has 0 atom stereocenters. The zero-order valence-electron chi connectivity index (χ0n) is 11.3. The molecule has 0 fully saturated rings. The molecular formula is C16H17FN2O. The van der Waals surface area contributed by atoms with Crippen molar-refractivity contribution >= 4 is 5.91 Å². The largest absolute Gasteiger partial charge is 0.348 e. The SMILES string of the molecule is Cc1ccc(C(=O)NCc2ccccc2CN)cc1F. The maximum atomic E-state index is 13.4. The van der Waals surface area contributed by atoms with Gasteiger partial charge in [0.05, 0.1) is 0 Å². The molecule has 0 aromatic heterocycles. The molecule has 0 saturated carbocycles. The standard InChI is InChI=1S/C16H17FN2O/c1-11-6-7-12(8-15(11)17)16(20)19-10-14-5-3-2-4-13(14)9-18/h2-8H,9-10,18H2,1H3,(H,19,20). The van der Waals surface area contributed by atoms with Crippen LogP contribution in [0.25, 0.3) is 0 Å². The van der Waals surface area contributed by atoms with E-state index in [2.05, 4.69) is 5.32 Å². The lowest BCUT2D eigenvalue weighted by atomic mass is 10.1. The Hall–Kier alpha value is -2.20. The monoisotopic (exact) mass is 272 g/mol. The summed E-state index contributed by atoms with van der Waals surface area (Å²) < 4.78 is 13.4. The molecule has 2 rings (SSSR count). The molecule has 3 N–H and O–H groups in total. The lowest BCUT2D eigenvalue weighted by molar-refractivity contribution is 0.0950. The van der Waals surface area contributed by atoms with E-state index in [4.69, 9.17) is 5.73 Å². The first-order valence-electron chi connectivity index (χ1n) is 6.43. The normalized spacial score (nSPS) is 10.3. The van der Waals surface area contributed by atoms with E-state index in [0.29, 0.717) is 24.2 Å². The second-order valence-electron chi connectivity index (χ2n) is 4.62. The molecule has 3 nitrogen and oxygen atoms in total. The van der Waals surface area contributed by atoms with E-state index in [0.717, 1.165) is 11.1 Å². The number of nitrogens with one attached hydrogen (secondary N) is 1. The quantitative estimate of drug-likeness (QED) is 0.898. The Labute approximate surface area is 117 Å². The van der Waals surface area contributed by atoms with Gasteiger partial charge in [-0.05, 0) is 35.7 Å². The molecule has 104 valence electrons. The summed E-state index contributed by atoms with van der Waals surface area (Å²) in [6.45, 7) is 2.46. The third-order valence-electron chi connectivity index (χ3n) is 3.21. The molecule has 0 aliphatic rings. The third-order valence-corrected chi connectivity index (χ3v) is 3.21. The van der Waals surface area contributed by atoms with Crippen LogP contribution in [0.2, 0.25) is 0 Å². The van der Waals surface area contributed by atoms with Crippen molar-refractivity contribution in [2.75, 3.05) is 0 Å². The Morgan fingerprint density at radius 3 is 2.55 bits per heavy atom. The Morgan fingerprint density at radius 1 is 1.20 bits per heavy atom. The highest BCUT2D eigenvalue weighted by atomic mass is 19.1. The van der Waals surface area contributed by atoms with Crippen LogP contribution in [0.1, 0.15) is 27.0 Å². The van der Waals surface area contributed by atoms with Gasteiger partial charge in [-0.2, -0.15) is 0 Å². The van der Waals surface area contributed by atoms with Crippen molar-refractivity contribution in [3.05, 3.63) is 70.5 Å². The molecule has 0 radical (unpaired) electrons. The maximum absolute atomic E-state index is 13.4. The maximum Gasteiger partial charge on any atom is 0.251 e. The Morgan fingerprint density at radius 2 is 1.90 bits per heavy atom. The topological polar surface area (TPSA) is 55.1 Å². The Kier molecular flexibility index (Phi) is 4.48. The van der Waals surface area contributed by atoms with Crippen molar-refractivity contribution in [3.8, 4) is 0 Å². The minimum Gasteiger partial charge on any atom is -0.348 e. The zero-order chi connectivity index (χ0) is 14.5. The number of carbonyl (C=O) groups excluding carboxylic acids is 1. The van der Waals surface area contributed by atoms with E-state index in [9.17, 15) is 9.18 Å². The average Bonchev–Trinajstić information content (AvgIpc) is 2.47. The van der Waals surface area contributed by atoms with Gasteiger partial charge >= 0.3 is 0 Å². The van der Waals surface area contributed by atoms with Gasteiger partial charge in [-0.15, -0.1) is 0 Å². The number of aryl methyl sites for hydroxylation is 1. The molecule has 0 bridgehead atoms. The van der Waals surface area contributed by atoms with Gasteiger partial charge in [-0.1, -0.05) is 30.3 Å². The van der Waals surface area contributed by atoms with Crippen LogP contribution in [0.5, 0.6) is 0 Å². The van der Waals surface area contributed by atoms with Crippen LogP contribution in [0.3, 0.4) is 0 Å². The highest BCUT2D eigenvalue weighted by Gasteiger charge is 2.08. The Bertz CT molecular complexity index is 626. The smallest absolute Gasteiger partial charge is 0.251 e. The van der Waals surface area contributed by atoms with E-state index < -0.39 is 0 Å². The predicted octanol–water partition coefficient (Wildman–Crippen LogP) is 2.52. The summed E-state index contributed by atoms with van der Waals surface area (Å²) in [6.07, 6.45) is 0. The molecule has 0 aliphatic heterocycles. The summed E-state index contributed by atoms with van der Waals surface area (Å²) in [4.78, 5) is 12.0. The molecule has 4 heteroatoms. The van der Waals surface area contributed by atoms with E-state index in [1.165, 1.54) is 6.07 Å². The summed E-state index contributed by atoms with van der Waals surface area (Å²) in [5.74, 6) is -0.671. The lowest BCUT2D eigenvalue weighted by Crippen LogP contribution is -2.23. The molecule has 0 aliphatic carbocycles. The Balaban J connectivity index is 2.06. The van der Waals surface area contributed by atoms with Crippen molar-refractivity contribution < 1.29 is 9.18 Å². The predicted molar refractivity (Wildman–Crippen MR) is 76.6 cm³/mol. The van der Waals surface area contributed by atoms with Gasteiger partial charge in [0.1, 0.15) is 5.82 Å². The van der Waals surface area contributed by atoms with Crippen molar-refractivity contribution in [2.45, 2.75) is 20.0 Å². The van der Waals surface area contributed by atoms with E-state index >= 15 is 0 Å². The molecule has 2 aromatic carbocycles. The first kappa shape index (κ1) is 14.2. The second kappa shape index (κ2) is 6.30. The molecule has 0 spiro atoms. The first-order chi connectivity index (χ1) is 9.61. The number of amides is 1. The fraction of sp³-hybridized carbons (Fsp3) is 0.188. The zero-order valence-corrected chi connectivity index (χ0v) is 11.3. The summed E-state index contributed by atoms with van der Waals surface area (Å²) in [7, 11) is 0. The number of carbonyl (C=O) groups is 1. The van der Waals surface area contributed by atoms with Crippen LogP contribution >= 0.6 is 0 Å². The first-order valence-corrected chi connectivity index (χ1v) is 6.43. The molecule has 1 amide bonds. The van der Waals surface area contributed by atoms with Gasteiger partial charge < -0.3 is 11.1 Å².